The molecule has 1 atom stereocenters. The topological polar surface area (TPSA) is 89.9 Å². The summed E-state index contributed by atoms with van der Waals surface area (Å²) in [6, 6.07) is 17.1. The summed E-state index contributed by atoms with van der Waals surface area (Å²) in [5.74, 6) is 1.05. The molecule has 2 aromatic carbocycles. The molecule has 2 saturated carbocycles. The second-order valence-corrected chi connectivity index (χ2v) is 17.4. The van der Waals surface area contributed by atoms with Gasteiger partial charge in [0.2, 0.25) is 0 Å². The van der Waals surface area contributed by atoms with Crippen LogP contribution >= 0.6 is 11.8 Å². The van der Waals surface area contributed by atoms with E-state index in [-0.39, 0.29) is 33.6 Å². The Morgan fingerprint density at radius 2 is 1.38 bits per heavy atom. The minimum Gasteiger partial charge on any atom is -0.375 e. The lowest BCUT2D eigenvalue weighted by molar-refractivity contribution is -0.0710. The molecule has 0 bridgehead atoms. The van der Waals surface area contributed by atoms with Gasteiger partial charge in [-0.15, -0.1) is 0 Å². The number of nitrogens with one attached hydrogen (secondary N) is 1. The molecule has 2 aromatic heterocycles. The van der Waals surface area contributed by atoms with Crippen LogP contribution in [0.3, 0.4) is 0 Å². The van der Waals surface area contributed by atoms with Crippen LogP contribution in [0.25, 0.3) is 22.5 Å². The van der Waals surface area contributed by atoms with Gasteiger partial charge in [-0.3, -0.25) is 14.2 Å². The number of benzene rings is 2. The van der Waals surface area contributed by atoms with Crippen LogP contribution in [0.15, 0.2) is 63.3 Å². The number of aromatic nitrogens is 4. The van der Waals surface area contributed by atoms with Crippen LogP contribution in [0.1, 0.15) is 125 Å². The van der Waals surface area contributed by atoms with Gasteiger partial charge in [0.1, 0.15) is 5.82 Å². The quantitative estimate of drug-likeness (QED) is 0.171. The lowest BCUT2D eigenvalue weighted by Crippen LogP contribution is -2.45. The smallest absolute Gasteiger partial charge is 0.258 e. The molecule has 3 fully saturated rings. The molecule has 260 valence electrons. The summed E-state index contributed by atoms with van der Waals surface area (Å²) in [6.45, 7) is 4.87. The molecule has 50 heavy (non-hydrogen) atoms. The molecular formula is C42H48N4O3S. The molecule has 0 amide bonds. The van der Waals surface area contributed by atoms with Gasteiger partial charge in [-0.05, 0) is 76.3 Å². The van der Waals surface area contributed by atoms with Crippen LogP contribution in [-0.4, -0.2) is 31.7 Å². The standard InChI is InChI=1S/C42H48N4O3S/c1-40(2)25-29(17-22-49-40)46-38(48)34-36(31-16-8-6-14-28(31)24-42(34)18-9-3-4-10-19-42)45-39(46)50-26-32-43-35-30-15-7-5-13-27(30)23-41(20-11-12-21-41)33(35)37(47)44-32/h5-8,13-16,29H,3-4,9-12,17-26H2,1-2H3,(H,43,44,47). The highest BCUT2D eigenvalue weighted by Gasteiger charge is 2.45. The monoisotopic (exact) mass is 688 g/mol. The first kappa shape index (κ1) is 32.4. The van der Waals surface area contributed by atoms with Crippen molar-refractivity contribution in [2.45, 2.75) is 137 Å². The molecule has 2 spiro atoms. The van der Waals surface area contributed by atoms with Crippen molar-refractivity contribution in [3.63, 3.8) is 0 Å². The Morgan fingerprint density at radius 3 is 2.02 bits per heavy atom. The molecule has 1 N–H and O–H groups in total. The first-order chi connectivity index (χ1) is 24.3. The summed E-state index contributed by atoms with van der Waals surface area (Å²) in [4.78, 5) is 43.3. The highest BCUT2D eigenvalue weighted by Crippen LogP contribution is 2.51. The molecule has 9 rings (SSSR count). The zero-order valence-corrected chi connectivity index (χ0v) is 30.3. The number of ether oxygens (including phenoxy) is 1. The number of hydrogen-bond acceptors (Lipinski definition) is 6. The summed E-state index contributed by atoms with van der Waals surface area (Å²) >= 11 is 1.54. The van der Waals surface area contributed by atoms with E-state index in [1.807, 2.05) is 4.57 Å². The van der Waals surface area contributed by atoms with Crippen molar-refractivity contribution in [1.82, 2.24) is 19.5 Å². The minimum atomic E-state index is -0.332. The van der Waals surface area contributed by atoms with Crippen LogP contribution < -0.4 is 11.1 Å². The molecule has 1 unspecified atom stereocenters. The predicted octanol–water partition coefficient (Wildman–Crippen LogP) is 8.60. The van der Waals surface area contributed by atoms with Gasteiger partial charge in [-0.25, -0.2) is 9.97 Å². The van der Waals surface area contributed by atoms with Crippen molar-refractivity contribution in [3.8, 4) is 22.5 Å². The highest BCUT2D eigenvalue weighted by molar-refractivity contribution is 7.98. The predicted molar refractivity (Wildman–Crippen MR) is 199 cm³/mol. The lowest BCUT2D eigenvalue weighted by atomic mass is 9.65. The van der Waals surface area contributed by atoms with Gasteiger partial charge in [0.25, 0.3) is 11.1 Å². The third-order valence-electron chi connectivity index (χ3n) is 12.7. The number of aromatic amines is 1. The van der Waals surface area contributed by atoms with Crippen molar-refractivity contribution in [2.24, 2.45) is 0 Å². The van der Waals surface area contributed by atoms with Crippen molar-refractivity contribution < 1.29 is 4.74 Å². The van der Waals surface area contributed by atoms with E-state index in [0.29, 0.717) is 23.3 Å². The van der Waals surface area contributed by atoms with Crippen LogP contribution in [0, 0.1) is 0 Å². The summed E-state index contributed by atoms with van der Waals surface area (Å²) in [7, 11) is 0. The van der Waals surface area contributed by atoms with Crippen LogP contribution in [0.2, 0.25) is 0 Å². The number of hydrogen-bond donors (Lipinski definition) is 1. The van der Waals surface area contributed by atoms with Crippen LogP contribution in [0.4, 0.5) is 0 Å². The summed E-state index contributed by atoms with van der Waals surface area (Å²) in [5, 5.41) is 0.713. The van der Waals surface area contributed by atoms with Crippen molar-refractivity contribution in [2.75, 3.05) is 6.61 Å². The fourth-order valence-electron chi connectivity index (χ4n) is 10.5. The van der Waals surface area contributed by atoms with Crippen molar-refractivity contribution in [3.05, 3.63) is 97.3 Å². The third kappa shape index (κ3) is 5.35. The van der Waals surface area contributed by atoms with Crippen molar-refractivity contribution >= 4 is 11.8 Å². The van der Waals surface area contributed by atoms with Gasteiger partial charge in [0.15, 0.2) is 5.16 Å². The van der Waals surface area contributed by atoms with Crippen LogP contribution in [-0.2, 0) is 34.2 Å². The van der Waals surface area contributed by atoms with E-state index < -0.39 is 0 Å². The molecule has 4 aromatic rings. The second kappa shape index (κ2) is 12.3. The largest absolute Gasteiger partial charge is 0.375 e. The Labute approximate surface area is 298 Å². The zero-order chi connectivity index (χ0) is 34.1. The van der Waals surface area contributed by atoms with Gasteiger partial charge in [-0.1, -0.05) is 98.8 Å². The number of rotatable bonds is 4. The molecule has 4 aliphatic carbocycles. The minimum absolute atomic E-state index is 0.00629. The normalized spacial score (nSPS) is 22.7. The molecular weight excluding hydrogens is 641 g/mol. The number of nitrogens with zero attached hydrogens (tertiary/aromatic N) is 3. The zero-order valence-electron chi connectivity index (χ0n) is 29.5. The Kier molecular flexibility index (Phi) is 8.00. The first-order valence-electron chi connectivity index (χ1n) is 19.0. The fourth-order valence-corrected chi connectivity index (χ4v) is 11.4. The van der Waals surface area contributed by atoms with Gasteiger partial charge < -0.3 is 9.72 Å². The van der Waals surface area contributed by atoms with E-state index in [4.69, 9.17) is 14.7 Å². The maximum Gasteiger partial charge on any atom is 0.258 e. The average molecular weight is 689 g/mol. The van der Waals surface area contributed by atoms with E-state index in [0.717, 1.165) is 111 Å². The van der Waals surface area contributed by atoms with Crippen molar-refractivity contribution in [1.29, 1.82) is 0 Å². The second-order valence-electron chi connectivity index (χ2n) is 16.4. The SMILES string of the molecule is CC1(C)CC(n2c(SCc3nc4c(c(=O)[nH]3)C3(CCCC3)Cc3ccccc3-4)nc3c(c2=O)C2(CCCCCC2)Cc2ccccc2-3)CCO1. The number of thioether (sulfide) groups is 1. The lowest BCUT2D eigenvalue weighted by Gasteiger charge is -2.41. The molecule has 8 heteroatoms. The van der Waals surface area contributed by atoms with E-state index in [9.17, 15) is 4.79 Å². The molecule has 1 saturated heterocycles. The van der Waals surface area contributed by atoms with E-state index in [1.54, 1.807) is 0 Å². The number of H-pyrrole nitrogens is 1. The van der Waals surface area contributed by atoms with Gasteiger partial charge in [-0.2, -0.15) is 0 Å². The van der Waals surface area contributed by atoms with E-state index >= 15 is 4.79 Å². The van der Waals surface area contributed by atoms with Gasteiger partial charge in [0.05, 0.1) is 33.9 Å². The summed E-state index contributed by atoms with van der Waals surface area (Å²) < 4.78 is 8.19. The Hall–Kier alpha value is -3.49. The summed E-state index contributed by atoms with van der Waals surface area (Å²) in [6.07, 6.45) is 14.5. The molecule has 5 aliphatic rings. The molecule has 7 nitrogen and oxygen atoms in total. The fraction of sp³-hybridized carbons (Fsp3) is 0.524. The van der Waals surface area contributed by atoms with E-state index in [2.05, 4.69) is 67.4 Å². The van der Waals surface area contributed by atoms with Gasteiger partial charge in [0, 0.05) is 34.6 Å². The first-order valence-corrected chi connectivity index (χ1v) is 20.0. The number of fused-ring (bicyclic) bond motifs is 8. The molecule has 0 radical (unpaired) electrons. The van der Waals surface area contributed by atoms with E-state index in [1.165, 1.54) is 35.7 Å². The van der Waals surface area contributed by atoms with Crippen LogP contribution in [0.5, 0.6) is 0 Å². The Morgan fingerprint density at radius 1 is 0.800 bits per heavy atom. The maximum absolute atomic E-state index is 15.3. The Balaban J connectivity index is 1.18. The Bertz CT molecular complexity index is 2080. The molecule has 1 aliphatic heterocycles. The highest BCUT2D eigenvalue weighted by atomic mass is 32.2. The molecule has 3 heterocycles. The summed E-state index contributed by atoms with van der Waals surface area (Å²) in [5.41, 5.74) is 7.75. The average Bonchev–Trinajstić information content (AvgIpc) is 3.43. The maximum atomic E-state index is 15.3. The van der Waals surface area contributed by atoms with Gasteiger partial charge >= 0.3 is 0 Å². The third-order valence-corrected chi connectivity index (χ3v) is 13.7.